The van der Waals surface area contributed by atoms with Crippen LogP contribution in [0.4, 0.5) is 0 Å². The molecule has 0 saturated carbocycles. The monoisotopic (exact) mass is 230 g/mol. The summed E-state index contributed by atoms with van der Waals surface area (Å²) in [5.74, 6) is 0.0336. The maximum atomic E-state index is 10.4. The summed E-state index contributed by atoms with van der Waals surface area (Å²) in [6.07, 6.45) is 3.68. The lowest BCUT2D eigenvalue weighted by Crippen LogP contribution is -2.20. The Hall–Kier alpha value is -2.14. The predicted octanol–water partition coefficient (Wildman–Crippen LogP) is 0.668. The molecule has 0 bridgehead atoms. The van der Waals surface area contributed by atoms with E-state index in [9.17, 15) is 4.79 Å². The van der Waals surface area contributed by atoms with Crippen LogP contribution in [0.2, 0.25) is 0 Å². The number of carbonyl (C=O) groups excluding carboxylic acids is 1. The minimum Gasteiger partial charge on any atom is -0.384 e. The van der Waals surface area contributed by atoms with Gasteiger partial charge in [-0.2, -0.15) is 0 Å². The molecule has 0 atom stereocenters. The van der Waals surface area contributed by atoms with Crippen molar-refractivity contribution in [3.63, 3.8) is 0 Å². The summed E-state index contributed by atoms with van der Waals surface area (Å²) >= 11 is 0. The van der Waals surface area contributed by atoms with E-state index in [-0.39, 0.29) is 12.4 Å². The largest absolute Gasteiger partial charge is 0.384 e. The summed E-state index contributed by atoms with van der Waals surface area (Å²) in [6, 6.07) is 7.21. The molecule has 0 unspecified atom stereocenters. The van der Waals surface area contributed by atoms with Crippen LogP contribution in [-0.4, -0.2) is 30.3 Å². The van der Waals surface area contributed by atoms with Crippen molar-refractivity contribution in [3.05, 3.63) is 41.5 Å². The van der Waals surface area contributed by atoms with Crippen molar-refractivity contribution in [2.45, 2.75) is 0 Å². The number of benzene rings is 1. The molecular weight excluding hydrogens is 218 g/mol. The summed E-state index contributed by atoms with van der Waals surface area (Å²) in [4.78, 5) is 15.6. The molecule has 0 aromatic heterocycles. The lowest BCUT2D eigenvalue weighted by molar-refractivity contribution is -0.0679. The van der Waals surface area contributed by atoms with Crippen LogP contribution in [0.3, 0.4) is 0 Å². The second kappa shape index (κ2) is 4.80. The van der Waals surface area contributed by atoms with Gasteiger partial charge in [-0.15, -0.1) is 0 Å². The van der Waals surface area contributed by atoms with E-state index < -0.39 is 0 Å². The zero-order chi connectivity index (χ0) is 12.3. The molecule has 1 aliphatic heterocycles. The highest BCUT2D eigenvalue weighted by Gasteiger charge is 2.17. The van der Waals surface area contributed by atoms with Gasteiger partial charge in [-0.3, -0.25) is 15.0 Å². The molecule has 1 aromatic rings. The first-order chi connectivity index (χ1) is 8.22. The molecule has 17 heavy (non-hydrogen) atoms. The quantitative estimate of drug-likeness (QED) is 0.588. The Morgan fingerprint density at radius 3 is 2.76 bits per heavy atom. The molecule has 1 aromatic carbocycles. The van der Waals surface area contributed by atoms with E-state index in [2.05, 4.69) is 0 Å². The van der Waals surface area contributed by atoms with Crippen LogP contribution in [0.25, 0.3) is 5.70 Å². The molecule has 0 saturated heterocycles. The first-order valence-corrected chi connectivity index (χ1v) is 5.13. The summed E-state index contributed by atoms with van der Waals surface area (Å²) in [6.45, 7) is 0.533. The van der Waals surface area contributed by atoms with Gasteiger partial charge in [-0.25, -0.2) is 5.06 Å². The second-order valence-electron chi connectivity index (χ2n) is 3.56. The van der Waals surface area contributed by atoms with E-state index >= 15 is 0 Å². The predicted molar refractivity (Wildman–Crippen MR) is 63.8 cm³/mol. The number of nitrogen functional groups attached to an aromatic ring is 1. The SMILES string of the molecule is N=C(N)c1ccc(C2=CCON2C[C]=O)cc1. The van der Waals surface area contributed by atoms with Crippen molar-refractivity contribution in [3.8, 4) is 0 Å². The third kappa shape index (κ3) is 2.34. The van der Waals surface area contributed by atoms with Crippen molar-refractivity contribution in [2.75, 3.05) is 13.2 Å². The number of hydrogen-bond donors (Lipinski definition) is 2. The summed E-state index contributed by atoms with van der Waals surface area (Å²) in [7, 11) is 0. The molecule has 5 nitrogen and oxygen atoms in total. The normalized spacial score (nSPS) is 14.6. The minimum absolute atomic E-state index is 0.0336. The van der Waals surface area contributed by atoms with Crippen LogP contribution in [0, 0.1) is 5.41 Å². The van der Waals surface area contributed by atoms with Crippen LogP contribution in [0.15, 0.2) is 30.3 Å². The van der Waals surface area contributed by atoms with Crippen LogP contribution >= 0.6 is 0 Å². The molecule has 87 valence electrons. The smallest absolute Gasteiger partial charge is 0.222 e. The Labute approximate surface area is 98.9 Å². The molecular formula is C12H12N3O2. The number of nitrogens with one attached hydrogen (secondary N) is 1. The van der Waals surface area contributed by atoms with Gasteiger partial charge in [0.1, 0.15) is 12.4 Å². The van der Waals surface area contributed by atoms with E-state index in [0.717, 1.165) is 11.3 Å². The van der Waals surface area contributed by atoms with Crippen LogP contribution < -0.4 is 5.73 Å². The average Bonchev–Trinajstić information content (AvgIpc) is 2.78. The van der Waals surface area contributed by atoms with Gasteiger partial charge < -0.3 is 5.73 Å². The standard InChI is InChI=1S/C12H12N3O2/c13-12(14)10-3-1-9(2-4-10)11-5-8-17-15(11)6-7-16/h1-5H,6,8H2,(H3,13,14). The van der Waals surface area contributed by atoms with Crippen molar-refractivity contribution in [1.82, 2.24) is 5.06 Å². The van der Waals surface area contributed by atoms with Crippen molar-refractivity contribution >= 4 is 17.8 Å². The molecule has 2 rings (SSSR count). The number of amidine groups is 1. The average molecular weight is 230 g/mol. The first kappa shape index (κ1) is 11.3. The van der Waals surface area contributed by atoms with E-state index in [1.807, 2.05) is 18.2 Å². The zero-order valence-electron chi connectivity index (χ0n) is 9.14. The highest BCUT2D eigenvalue weighted by atomic mass is 16.7. The highest BCUT2D eigenvalue weighted by Crippen LogP contribution is 2.23. The van der Waals surface area contributed by atoms with E-state index in [1.165, 1.54) is 5.06 Å². The Bertz CT molecular complexity index is 465. The summed E-state index contributed by atoms with van der Waals surface area (Å²) in [5.41, 5.74) is 7.80. The fourth-order valence-electron chi connectivity index (χ4n) is 1.65. The minimum atomic E-state index is 0.0336. The second-order valence-corrected chi connectivity index (χ2v) is 3.56. The van der Waals surface area contributed by atoms with Gasteiger partial charge >= 0.3 is 0 Å². The van der Waals surface area contributed by atoms with Gasteiger partial charge in [0.05, 0.1) is 12.3 Å². The number of hydrogen-bond acceptors (Lipinski definition) is 4. The van der Waals surface area contributed by atoms with Gasteiger partial charge in [0, 0.05) is 5.56 Å². The lowest BCUT2D eigenvalue weighted by Gasteiger charge is -2.17. The van der Waals surface area contributed by atoms with E-state index in [0.29, 0.717) is 12.2 Å². The van der Waals surface area contributed by atoms with Gasteiger partial charge in [-0.05, 0) is 11.6 Å². The van der Waals surface area contributed by atoms with Crippen molar-refractivity contribution < 1.29 is 9.63 Å². The first-order valence-electron chi connectivity index (χ1n) is 5.13. The topological polar surface area (TPSA) is 79.4 Å². The molecule has 3 N–H and O–H groups in total. The van der Waals surface area contributed by atoms with Crippen LogP contribution in [0.5, 0.6) is 0 Å². The fourth-order valence-corrected chi connectivity index (χ4v) is 1.65. The van der Waals surface area contributed by atoms with Gasteiger partial charge in [0.15, 0.2) is 0 Å². The molecule has 5 heteroatoms. The molecule has 0 amide bonds. The third-order valence-electron chi connectivity index (χ3n) is 2.48. The molecule has 0 fully saturated rings. The molecule has 1 radical (unpaired) electrons. The number of hydroxylamine groups is 2. The summed E-state index contributed by atoms with van der Waals surface area (Å²) in [5, 5.41) is 8.79. The molecule has 0 aliphatic carbocycles. The van der Waals surface area contributed by atoms with Gasteiger partial charge in [-0.1, -0.05) is 24.3 Å². The molecule has 1 aliphatic rings. The fraction of sp³-hybridized carbons (Fsp3) is 0.167. The van der Waals surface area contributed by atoms with Crippen LogP contribution in [0.1, 0.15) is 11.1 Å². The molecule has 0 spiro atoms. The van der Waals surface area contributed by atoms with E-state index in [1.54, 1.807) is 18.4 Å². The lowest BCUT2D eigenvalue weighted by atomic mass is 10.1. The third-order valence-corrected chi connectivity index (χ3v) is 2.48. The van der Waals surface area contributed by atoms with Crippen molar-refractivity contribution in [1.29, 1.82) is 5.41 Å². The van der Waals surface area contributed by atoms with E-state index in [4.69, 9.17) is 16.0 Å². The van der Waals surface area contributed by atoms with Gasteiger partial charge in [0.25, 0.3) is 0 Å². The Morgan fingerprint density at radius 1 is 1.47 bits per heavy atom. The Balaban J connectivity index is 2.22. The number of nitrogens with two attached hydrogens (primary N) is 1. The highest BCUT2D eigenvalue weighted by molar-refractivity contribution is 5.95. The zero-order valence-corrected chi connectivity index (χ0v) is 9.14. The number of nitrogens with zero attached hydrogens (tertiary/aromatic N) is 1. The maximum absolute atomic E-state index is 10.4. The maximum Gasteiger partial charge on any atom is 0.222 e. The Morgan fingerprint density at radius 2 is 2.18 bits per heavy atom. The summed E-state index contributed by atoms with van der Waals surface area (Å²) < 4.78 is 0. The Kier molecular flexibility index (Phi) is 3.20. The number of rotatable bonds is 4. The van der Waals surface area contributed by atoms with Crippen molar-refractivity contribution in [2.24, 2.45) is 5.73 Å². The van der Waals surface area contributed by atoms with Gasteiger partial charge in [0.2, 0.25) is 6.29 Å². The van der Waals surface area contributed by atoms with Crippen LogP contribution in [-0.2, 0) is 9.63 Å². The molecule has 1 heterocycles.